The van der Waals surface area contributed by atoms with Crippen molar-refractivity contribution in [2.75, 3.05) is 6.61 Å². The van der Waals surface area contributed by atoms with Crippen LogP contribution in [0.25, 0.3) is 0 Å². The molecule has 1 amide bonds. The number of amides is 1. The van der Waals surface area contributed by atoms with Crippen LogP contribution in [0.5, 0.6) is 5.75 Å². The van der Waals surface area contributed by atoms with Crippen LogP contribution in [0.15, 0.2) is 42.5 Å². The number of carbonyl (C=O) groups is 1. The Hall–Kier alpha value is -2.43. The van der Waals surface area contributed by atoms with E-state index >= 15 is 0 Å². The van der Waals surface area contributed by atoms with Gasteiger partial charge in [-0.05, 0) is 36.8 Å². The summed E-state index contributed by atoms with van der Waals surface area (Å²) in [5.41, 5.74) is 1.59. The number of nitrogens with one attached hydrogen (secondary N) is 1. The monoisotopic (exact) mass is 291 g/mol. The molecule has 0 spiro atoms. The molecule has 0 atom stereocenters. The molecule has 0 aromatic heterocycles. The van der Waals surface area contributed by atoms with E-state index in [9.17, 15) is 13.6 Å². The maximum Gasteiger partial charge on any atom is 0.258 e. The van der Waals surface area contributed by atoms with E-state index in [4.69, 9.17) is 4.74 Å². The molecule has 2 rings (SSSR count). The van der Waals surface area contributed by atoms with Crippen molar-refractivity contribution in [2.24, 2.45) is 0 Å². The Morgan fingerprint density at radius 1 is 1.10 bits per heavy atom. The summed E-state index contributed by atoms with van der Waals surface area (Å²) in [5.74, 6) is -1.57. The van der Waals surface area contributed by atoms with Crippen LogP contribution in [0.3, 0.4) is 0 Å². The molecule has 0 aliphatic rings. The van der Waals surface area contributed by atoms with E-state index in [2.05, 4.69) is 5.32 Å². The summed E-state index contributed by atoms with van der Waals surface area (Å²) in [6.45, 7) is 1.94. The molecule has 0 aliphatic carbocycles. The summed E-state index contributed by atoms with van der Waals surface area (Å²) in [6.07, 6.45) is 0. The van der Waals surface area contributed by atoms with Gasteiger partial charge in [-0.1, -0.05) is 23.8 Å². The average molecular weight is 291 g/mol. The lowest BCUT2D eigenvalue weighted by atomic mass is 10.2. The van der Waals surface area contributed by atoms with Crippen molar-refractivity contribution in [1.29, 1.82) is 0 Å². The van der Waals surface area contributed by atoms with Gasteiger partial charge in [-0.3, -0.25) is 4.79 Å². The number of benzene rings is 2. The molecular weight excluding hydrogens is 276 g/mol. The van der Waals surface area contributed by atoms with Gasteiger partial charge in [0.05, 0.1) is 0 Å². The molecule has 5 heteroatoms. The second-order valence-corrected chi connectivity index (χ2v) is 4.63. The van der Waals surface area contributed by atoms with Crippen LogP contribution in [-0.2, 0) is 11.3 Å². The van der Waals surface area contributed by atoms with Gasteiger partial charge in [-0.2, -0.15) is 0 Å². The lowest BCUT2D eigenvalue weighted by Gasteiger charge is -2.08. The first-order chi connectivity index (χ1) is 10.0. The smallest absolute Gasteiger partial charge is 0.258 e. The molecule has 0 radical (unpaired) electrons. The standard InChI is InChI=1S/C16H15F2NO2/c1-11-2-5-13(6-3-11)21-10-16(20)19-9-12-4-7-14(17)15(18)8-12/h2-8H,9-10H2,1H3,(H,19,20). The van der Waals surface area contributed by atoms with Crippen molar-refractivity contribution in [1.82, 2.24) is 5.32 Å². The van der Waals surface area contributed by atoms with E-state index in [1.807, 2.05) is 19.1 Å². The van der Waals surface area contributed by atoms with Crippen molar-refractivity contribution in [3.05, 3.63) is 65.2 Å². The number of ether oxygens (including phenoxy) is 1. The lowest BCUT2D eigenvalue weighted by Crippen LogP contribution is -2.28. The van der Waals surface area contributed by atoms with Crippen LogP contribution in [0.4, 0.5) is 8.78 Å². The van der Waals surface area contributed by atoms with Crippen LogP contribution in [-0.4, -0.2) is 12.5 Å². The van der Waals surface area contributed by atoms with Crippen molar-refractivity contribution in [2.45, 2.75) is 13.5 Å². The lowest BCUT2D eigenvalue weighted by molar-refractivity contribution is -0.123. The van der Waals surface area contributed by atoms with Gasteiger partial charge in [0.15, 0.2) is 18.2 Å². The summed E-state index contributed by atoms with van der Waals surface area (Å²) in [7, 11) is 0. The predicted molar refractivity (Wildman–Crippen MR) is 74.9 cm³/mol. The van der Waals surface area contributed by atoms with Gasteiger partial charge in [0, 0.05) is 6.54 Å². The van der Waals surface area contributed by atoms with Crippen molar-refractivity contribution in [3.8, 4) is 5.75 Å². The Kier molecular flexibility index (Phi) is 4.87. The van der Waals surface area contributed by atoms with Gasteiger partial charge in [0.2, 0.25) is 0 Å². The molecule has 0 unspecified atom stereocenters. The van der Waals surface area contributed by atoms with E-state index in [0.29, 0.717) is 11.3 Å². The third kappa shape index (κ3) is 4.56. The number of hydrogen-bond acceptors (Lipinski definition) is 2. The van der Waals surface area contributed by atoms with E-state index in [1.165, 1.54) is 6.07 Å². The molecular formula is C16H15F2NO2. The molecule has 2 aromatic carbocycles. The molecule has 0 fully saturated rings. The first-order valence-electron chi connectivity index (χ1n) is 6.44. The fourth-order valence-electron chi connectivity index (χ4n) is 1.68. The topological polar surface area (TPSA) is 38.3 Å². The van der Waals surface area contributed by atoms with Crippen LogP contribution < -0.4 is 10.1 Å². The van der Waals surface area contributed by atoms with E-state index in [0.717, 1.165) is 17.7 Å². The van der Waals surface area contributed by atoms with E-state index in [-0.39, 0.29) is 19.1 Å². The van der Waals surface area contributed by atoms with Crippen LogP contribution in [0, 0.1) is 18.6 Å². The summed E-state index contributed by atoms with van der Waals surface area (Å²) in [4.78, 5) is 11.6. The number of carbonyl (C=O) groups excluding carboxylic acids is 1. The molecule has 1 N–H and O–H groups in total. The van der Waals surface area contributed by atoms with Gasteiger partial charge < -0.3 is 10.1 Å². The van der Waals surface area contributed by atoms with Gasteiger partial charge in [-0.15, -0.1) is 0 Å². The molecule has 0 aliphatic heterocycles. The minimum Gasteiger partial charge on any atom is -0.484 e. The quantitative estimate of drug-likeness (QED) is 0.919. The number of rotatable bonds is 5. The van der Waals surface area contributed by atoms with Crippen LogP contribution in [0.2, 0.25) is 0 Å². The third-order valence-corrected chi connectivity index (χ3v) is 2.86. The number of hydrogen-bond donors (Lipinski definition) is 1. The minimum absolute atomic E-state index is 0.118. The molecule has 2 aromatic rings. The molecule has 0 bridgehead atoms. The van der Waals surface area contributed by atoms with E-state index < -0.39 is 11.6 Å². The fourth-order valence-corrected chi connectivity index (χ4v) is 1.68. The first kappa shape index (κ1) is 15.0. The highest BCUT2D eigenvalue weighted by atomic mass is 19.2. The summed E-state index contributed by atoms with van der Waals surface area (Å²) in [5, 5.41) is 2.57. The number of aryl methyl sites for hydroxylation is 1. The largest absolute Gasteiger partial charge is 0.484 e. The average Bonchev–Trinajstić information content (AvgIpc) is 2.48. The molecule has 0 saturated heterocycles. The molecule has 0 saturated carbocycles. The van der Waals surface area contributed by atoms with Gasteiger partial charge in [0.1, 0.15) is 5.75 Å². The highest BCUT2D eigenvalue weighted by molar-refractivity contribution is 5.77. The van der Waals surface area contributed by atoms with Crippen LogP contribution >= 0.6 is 0 Å². The normalized spacial score (nSPS) is 10.2. The van der Waals surface area contributed by atoms with Crippen molar-refractivity contribution < 1.29 is 18.3 Å². The Bertz CT molecular complexity index is 627. The van der Waals surface area contributed by atoms with Crippen LogP contribution in [0.1, 0.15) is 11.1 Å². The van der Waals surface area contributed by atoms with Gasteiger partial charge >= 0.3 is 0 Å². The summed E-state index contributed by atoms with van der Waals surface area (Å²) in [6, 6.07) is 10.8. The molecule has 21 heavy (non-hydrogen) atoms. The maximum absolute atomic E-state index is 13.0. The van der Waals surface area contributed by atoms with Gasteiger partial charge in [-0.25, -0.2) is 8.78 Å². The molecule has 0 heterocycles. The Balaban J connectivity index is 1.79. The zero-order valence-electron chi connectivity index (χ0n) is 11.5. The maximum atomic E-state index is 13.0. The fraction of sp³-hybridized carbons (Fsp3) is 0.188. The summed E-state index contributed by atoms with van der Waals surface area (Å²) >= 11 is 0. The first-order valence-corrected chi connectivity index (χ1v) is 6.44. The summed E-state index contributed by atoms with van der Waals surface area (Å²) < 4.78 is 31.1. The second kappa shape index (κ2) is 6.83. The Morgan fingerprint density at radius 3 is 2.48 bits per heavy atom. The Morgan fingerprint density at radius 2 is 1.81 bits per heavy atom. The number of halogens is 2. The second-order valence-electron chi connectivity index (χ2n) is 4.63. The Labute approximate surface area is 121 Å². The highest BCUT2D eigenvalue weighted by Gasteiger charge is 2.05. The zero-order chi connectivity index (χ0) is 15.2. The van der Waals surface area contributed by atoms with Crippen molar-refractivity contribution >= 4 is 5.91 Å². The predicted octanol–water partition coefficient (Wildman–Crippen LogP) is 2.97. The van der Waals surface area contributed by atoms with Crippen molar-refractivity contribution in [3.63, 3.8) is 0 Å². The SMILES string of the molecule is Cc1ccc(OCC(=O)NCc2ccc(F)c(F)c2)cc1. The minimum atomic E-state index is -0.933. The molecule has 3 nitrogen and oxygen atoms in total. The third-order valence-electron chi connectivity index (χ3n) is 2.86. The molecule has 110 valence electrons. The van der Waals surface area contributed by atoms with E-state index in [1.54, 1.807) is 12.1 Å². The highest BCUT2D eigenvalue weighted by Crippen LogP contribution is 2.11. The van der Waals surface area contributed by atoms with Gasteiger partial charge in [0.25, 0.3) is 5.91 Å². The zero-order valence-corrected chi connectivity index (χ0v) is 11.5.